The molecule has 5 nitrogen and oxygen atoms in total. The molecule has 0 unspecified atom stereocenters. The van der Waals surface area contributed by atoms with Crippen LogP contribution in [0.3, 0.4) is 0 Å². The molecule has 0 aliphatic rings. The summed E-state index contributed by atoms with van der Waals surface area (Å²) >= 11 is 0. The normalized spacial score (nSPS) is 10.1. The molecule has 5 heteroatoms. The number of carboxylic acids is 1. The summed E-state index contributed by atoms with van der Waals surface area (Å²) in [5, 5.41) is 11.1. The molecule has 0 rings (SSSR count). The molecule has 0 atom stereocenters. The average molecular weight is 231 g/mol. The van der Waals surface area contributed by atoms with Crippen molar-refractivity contribution in [1.29, 1.82) is 0 Å². The van der Waals surface area contributed by atoms with E-state index in [0.29, 0.717) is 19.4 Å². The van der Waals surface area contributed by atoms with Crippen molar-refractivity contribution in [1.82, 2.24) is 5.32 Å². The first kappa shape index (κ1) is 14.9. The smallest absolute Gasteiger partial charge is 0.303 e. The Morgan fingerprint density at radius 1 is 1.12 bits per heavy atom. The highest BCUT2D eigenvalue weighted by atomic mass is 16.5. The zero-order valence-electron chi connectivity index (χ0n) is 9.83. The fraction of sp³-hybridized carbons (Fsp3) is 0.818. The molecule has 0 bridgehead atoms. The molecule has 1 amide bonds. The van der Waals surface area contributed by atoms with Crippen molar-refractivity contribution in [3.63, 3.8) is 0 Å². The first-order valence-electron chi connectivity index (χ1n) is 5.64. The number of unbranched alkanes of at least 4 members (excludes halogenated alkanes) is 2. The van der Waals surface area contributed by atoms with E-state index < -0.39 is 5.97 Å². The first-order chi connectivity index (χ1) is 7.66. The van der Waals surface area contributed by atoms with Crippen LogP contribution in [0.15, 0.2) is 0 Å². The van der Waals surface area contributed by atoms with E-state index >= 15 is 0 Å². The molecule has 16 heavy (non-hydrogen) atoms. The summed E-state index contributed by atoms with van der Waals surface area (Å²) in [4.78, 5) is 21.4. The highest BCUT2D eigenvalue weighted by Gasteiger charge is 2.02. The molecule has 0 spiro atoms. The van der Waals surface area contributed by atoms with Crippen molar-refractivity contribution in [2.45, 2.75) is 38.5 Å². The Kier molecular flexibility index (Phi) is 9.70. The minimum atomic E-state index is -0.854. The van der Waals surface area contributed by atoms with Crippen molar-refractivity contribution in [3.05, 3.63) is 0 Å². The third-order valence-corrected chi connectivity index (χ3v) is 2.14. The van der Waals surface area contributed by atoms with Gasteiger partial charge in [0.15, 0.2) is 0 Å². The standard InChI is InChI=1S/C11H21NO4/c1-16-9-4-2-3-8-12-10(13)6-5-7-11(14)15/h2-9H2,1H3,(H,12,13)(H,14,15). The molecule has 0 aliphatic carbocycles. The van der Waals surface area contributed by atoms with Crippen LogP contribution in [0.2, 0.25) is 0 Å². The predicted molar refractivity (Wildman–Crippen MR) is 60.2 cm³/mol. The van der Waals surface area contributed by atoms with Gasteiger partial charge in [-0.15, -0.1) is 0 Å². The van der Waals surface area contributed by atoms with E-state index in [0.717, 1.165) is 25.9 Å². The van der Waals surface area contributed by atoms with E-state index in [1.54, 1.807) is 7.11 Å². The number of rotatable bonds is 10. The Labute approximate surface area is 96.2 Å². The fourth-order valence-corrected chi connectivity index (χ4v) is 1.26. The molecule has 94 valence electrons. The molecule has 0 saturated heterocycles. The van der Waals surface area contributed by atoms with Gasteiger partial charge in [-0.25, -0.2) is 0 Å². The van der Waals surface area contributed by atoms with Gasteiger partial charge in [-0.1, -0.05) is 0 Å². The van der Waals surface area contributed by atoms with Crippen LogP contribution in [0, 0.1) is 0 Å². The van der Waals surface area contributed by atoms with Gasteiger partial charge in [-0.3, -0.25) is 9.59 Å². The Morgan fingerprint density at radius 2 is 1.88 bits per heavy atom. The molecule has 0 fully saturated rings. The van der Waals surface area contributed by atoms with Crippen molar-refractivity contribution in [2.75, 3.05) is 20.3 Å². The summed E-state index contributed by atoms with van der Waals surface area (Å²) in [6.45, 7) is 1.42. The van der Waals surface area contributed by atoms with Crippen LogP contribution < -0.4 is 5.32 Å². The Hall–Kier alpha value is -1.10. The molecular weight excluding hydrogens is 210 g/mol. The second-order valence-electron chi connectivity index (χ2n) is 3.65. The number of carboxylic acid groups (broad SMARTS) is 1. The van der Waals surface area contributed by atoms with Gasteiger partial charge in [-0.2, -0.15) is 0 Å². The average Bonchev–Trinajstić information content (AvgIpc) is 2.22. The Bertz CT molecular complexity index is 206. The van der Waals surface area contributed by atoms with E-state index in [-0.39, 0.29) is 12.3 Å². The minimum Gasteiger partial charge on any atom is -0.481 e. The number of aliphatic carboxylic acids is 1. The van der Waals surface area contributed by atoms with Crippen LogP contribution in [0.5, 0.6) is 0 Å². The number of hydrogen-bond acceptors (Lipinski definition) is 3. The number of ether oxygens (including phenoxy) is 1. The maximum atomic E-state index is 11.2. The maximum absolute atomic E-state index is 11.2. The molecular formula is C11H21NO4. The summed E-state index contributed by atoms with van der Waals surface area (Å²) in [6, 6.07) is 0. The minimum absolute atomic E-state index is 0.0568. The highest BCUT2D eigenvalue weighted by molar-refractivity contribution is 5.76. The van der Waals surface area contributed by atoms with Gasteiger partial charge in [0.2, 0.25) is 5.91 Å². The van der Waals surface area contributed by atoms with Crippen LogP contribution in [0.1, 0.15) is 38.5 Å². The number of methoxy groups -OCH3 is 1. The topological polar surface area (TPSA) is 75.6 Å². The second kappa shape index (κ2) is 10.4. The van der Waals surface area contributed by atoms with Crippen molar-refractivity contribution >= 4 is 11.9 Å². The number of carbonyl (C=O) groups is 2. The second-order valence-corrected chi connectivity index (χ2v) is 3.65. The quantitative estimate of drug-likeness (QED) is 0.553. The van der Waals surface area contributed by atoms with E-state index in [9.17, 15) is 9.59 Å². The lowest BCUT2D eigenvalue weighted by Crippen LogP contribution is -2.24. The van der Waals surface area contributed by atoms with Crippen LogP contribution in [-0.4, -0.2) is 37.2 Å². The Morgan fingerprint density at radius 3 is 2.50 bits per heavy atom. The third kappa shape index (κ3) is 11.0. The summed E-state index contributed by atoms with van der Waals surface area (Å²) < 4.78 is 4.90. The van der Waals surface area contributed by atoms with Gasteiger partial charge >= 0.3 is 5.97 Å². The number of nitrogens with one attached hydrogen (secondary N) is 1. The zero-order chi connectivity index (χ0) is 12.2. The lowest BCUT2D eigenvalue weighted by molar-refractivity contribution is -0.137. The number of carbonyl (C=O) groups excluding carboxylic acids is 1. The predicted octanol–water partition coefficient (Wildman–Crippen LogP) is 1.17. The van der Waals surface area contributed by atoms with Gasteiger partial charge < -0.3 is 15.2 Å². The van der Waals surface area contributed by atoms with E-state index in [1.807, 2.05) is 0 Å². The number of amides is 1. The Balaban J connectivity index is 3.20. The molecule has 0 aliphatic heterocycles. The van der Waals surface area contributed by atoms with E-state index in [1.165, 1.54) is 0 Å². The number of hydrogen-bond donors (Lipinski definition) is 2. The molecule has 0 aromatic heterocycles. The van der Waals surface area contributed by atoms with Gasteiger partial charge in [0, 0.05) is 33.1 Å². The fourth-order valence-electron chi connectivity index (χ4n) is 1.26. The third-order valence-electron chi connectivity index (χ3n) is 2.14. The van der Waals surface area contributed by atoms with Crippen molar-refractivity contribution in [2.24, 2.45) is 0 Å². The SMILES string of the molecule is COCCCCCNC(=O)CCCC(=O)O. The molecule has 0 heterocycles. The van der Waals surface area contributed by atoms with Crippen LogP contribution in [0.25, 0.3) is 0 Å². The molecule has 0 aromatic carbocycles. The zero-order valence-corrected chi connectivity index (χ0v) is 9.83. The van der Waals surface area contributed by atoms with Crippen LogP contribution in [0.4, 0.5) is 0 Å². The van der Waals surface area contributed by atoms with E-state index in [4.69, 9.17) is 9.84 Å². The molecule has 0 aromatic rings. The lowest BCUT2D eigenvalue weighted by Gasteiger charge is -2.04. The largest absolute Gasteiger partial charge is 0.481 e. The van der Waals surface area contributed by atoms with Crippen LogP contribution in [-0.2, 0) is 14.3 Å². The van der Waals surface area contributed by atoms with Gasteiger partial charge in [-0.05, 0) is 25.7 Å². The van der Waals surface area contributed by atoms with Crippen molar-refractivity contribution in [3.8, 4) is 0 Å². The first-order valence-corrected chi connectivity index (χ1v) is 5.64. The molecule has 0 saturated carbocycles. The van der Waals surface area contributed by atoms with Crippen molar-refractivity contribution < 1.29 is 19.4 Å². The van der Waals surface area contributed by atoms with E-state index in [2.05, 4.69) is 5.32 Å². The summed E-state index contributed by atoms with van der Waals surface area (Å²) in [5.41, 5.74) is 0. The van der Waals surface area contributed by atoms with Gasteiger partial charge in [0.1, 0.15) is 0 Å². The highest BCUT2D eigenvalue weighted by Crippen LogP contribution is 1.97. The summed E-state index contributed by atoms with van der Waals surface area (Å²) in [5.74, 6) is -0.916. The molecule has 2 N–H and O–H groups in total. The summed E-state index contributed by atoms with van der Waals surface area (Å²) in [7, 11) is 1.67. The lowest BCUT2D eigenvalue weighted by atomic mass is 10.2. The van der Waals surface area contributed by atoms with Gasteiger partial charge in [0.05, 0.1) is 0 Å². The van der Waals surface area contributed by atoms with Gasteiger partial charge in [0.25, 0.3) is 0 Å². The summed E-state index contributed by atoms with van der Waals surface area (Å²) in [6.07, 6.45) is 3.74. The van der Waals surface area contributed by atoms with Crippen LogP contribution >= 0.6 is 0 Å². The molecule has 0 radical (unpaired) electrons. The monoisotopic (exact) mass is 231 g/mol. The maximum Gasteiger partial charge on any atom is 0.303 e.